The molecule has 0 aliphatic heterocycles. The third-order valence-electron chi connectivity index (χ3n) is 4.20. The maximum atomic E-state index is 13.1. The van der Waals surface area contributed by atoms with Gasteiger partial charge >= 0.3 is 5.97 Å². The van der Waals surface area contributed by atoms with Gasteiger partial charge in [0.05, 0.1) is 36.2 Å². The monoisotopic (exact) mass is 414 g/mol. The van der Waals surface area contributed by atoms with Crippen LogP contribution in [0, 0.1) is 12.7 Å². The van der Waals surface area contributed by atoms with Gasteiger partial charge in [0.2, 0.25) is 0 Å². The van der Waals surface area contributed by atoms with Gasteiger partial charge in [-0.2, -0.15) is 0 Å². The molecule has 0 spiro atoms. The lowest BCUT2D eigenvalue weighted by molar-refractivity contribution is 0.0601. The molecule has 1 aromatic heterocycles. The minimum absolute atomic E-state index is 0.189. The quantitative estimate of drug-likeness (QED) is 0.611. The molecule has 150 valence electrons. The van der Waals surface area contributed by atoms with E-state index in [-0.39, 0.29) is 17.3 Å². The van der Waals surface area contributed by atoms with Crippen molar-refractivity contribution in [3.05, 3.63) is 75.0 Å². The first-order valence-corrected chi connectivity index (χ1v) is 9.51. The van der Waals surface area contributed by atoms with Crippen LogP contribution in [-0.2, 0) is 11.2 Å². The Morgan fingerprint density at radius 3 is 2.52 bits per heavy atom. The number of hydrogen-bond donors (Lipinski definition) is 1. The Bertz CT molecular complexity index is 1050. The Morgan fingerprint density at radius 1 is 1.14 bits per heavy atom. The van der Waals surface area contributed by atoms with Gasteiger partial charge in [-0.3, -0.25) is 4.79 Å². The van der Waals surface area contributed by atoms with Crippen LogP contribution in [0.25, 0.3) is 0 Å². The lowest BCUT2D eigenvalue weighted by Gasteiger charge is -2.11. The molecule has 0 fully saturated rings. The molecule has 0 aliphatic carbocycles. The van der Waals surface area contributed by atoms with Gasteiger partial charge in [0, 0.05) is 6.42 Å². The number of methoxy groups -OCH3 is 2. The van der Waals surface area contributed by atoms with E-state index in [4.69, 9.17) is 9.47 Å². The third kappa shape index (κ3) is 4.78. The normalized spacial score (nSPS) is 10.5. The van der Waals surface area contributed by atoms with Crippen molar-refractivity contribution < 1.29 is 23.5 Å². The maximum absolute atomic E-state index is 13.1. The second-order valence-electron chi connectivity index (χ2n) is 6.18. The summed E-state index contributed by atoms with van der Waals surface area (Å²) in [5.74, 6) is -0.790. The molecular formula is C21H19FN2O4S. The van der Waals surface area contributed by atoms with E-state index in [1.807, 2.05) is 0 Å². The summed E-state index contributed by atoms with van der Waals surface area (Å²) >= 11 is 1.26. The molecule has 29 heavy (non-hydrogen) atoms. The second-order valence-corrected chi connectivity index (χ2v) is 7.27. The number of aryl methyl sites for hydroxylation is 1. The summed E-state index contributed by atoms with van der Waals surface area (Å²) in [6.07, 6.45) is 0.495. The van der Waals surface area contributed by atoms with E-state index in [2.05, 4.69) is 10.3 Å². The van der Waals surface area contributed by atoms with Crippen molar-refractivity contribution in [2.75, 3.05) is 19.5 Å². The smallest absolute Gasteiger partial charge is 0.340 e. The topological polar surface area (TPSA) is 77.5 Å². The lowest BCUT2D eigenvalue weighted by atomic mass is 10.1. The van der Waals surface area contributed by atoms with Crippen molar-refractivity contribution in [3.8, 4) is 5.75 Å². The number of aromatic nitrogens is 1. The molecular weight excluding hydrogens is 395 g/mol. The number of carbonyl (C=O) groups excluding carboxylic acids is 2. The van der Waals surface area contributed by atoms with Gasteiger partial charge < -0.3 is 14.8 Å². The van der Waals surface area contributed by atoms with E-state index in [1.54, 1.807) is 31.2 Å². The molecule has 3 aromatic rings. The van der Waals surface area contributed by atoms with Crippen molar-refractivity contribution in [2.45, 2.75) is 13.3 Å². The number of halogens is 1. The molecule has 1 amide bonds. The van der Waals surface area contributed by atoms with Crippen LogP contribution in [0.4, 0.5) is 10.1 Å². The first-order valence-electron chi connectivity index (χ1n) is 8.69. The molecule has 6 nitrogen and oxygen atoms in total. The predicted octanol–water partition coefficient (Wildman–Crippen LogP) is 4.23. The number of hydrogen-bond acceptors (Lipinski definition) is 6. The van der Waals surface area contributed by atoms with Gasteiger partial charge in [-0.05, 0) is 42.8 Å². The average molecular weight is 414 g/mol. The Hall–Kier alpha value is -3.26. The highest BCUT2D eigenvalue weighted by Gasteiger charge is 2.20. The van der Waals surface area contributed by atoms with E-state index >= 15 is 0 Å². The Kier molecular flexibility index (Phi) is 6.23. The van der Waals surface area contributed by atoms with Crippen LogP contribution in [0.15, 0.2) is 42.5 Å². The summed E-state index contributed by atoms with van der Waals surface area (Å²) in [6, 6.07) is 10.9. The summed E-state index contributed by atoms with van der Waals surface area (Å²) in [5.41, 5.74) is 1.98. The fourth-order valence-electron chi connectivity index (χ4n) is 2.73. The zero-order chi connectivity index (χ0) is 21.0. The van der Waals surface area contributed by atoms with Crippen molar-refractivity contribution in [1.82, 2.24) is 4.98 Å². The number of benzene rings is 2. The van der Waals surface area contributed by atoms with Gasteiger partial charge in [-0.25, -0.2) is 14.2 Å². The number of amides is 1. The number of esters is 1. The highest BCUT2D eigenvalue weighted by atomic mass is 32.1. The fraction of sp³-hybridized carbons (Fsp3) is 0.190. The fourth-order valence-corrected chi connectivity index (χ4v) is 3.73. The van der Waals surface area contributed by atoms with Crippen LogP contribution in [0.3, 0.4) is 0 Å². The van der Waals surface area contributed by atoms with Gasteiger partial charge in [0.25, 0.3) is 5.91 Å². The van der Waals surface area contributed by atoms with Crippen LogP contribution in [0.5, 0.6) is 5.75 Å². The van der Waals surface area contributed by atoms with Crippen molar-refractivity contribution in [1.29, 1.82) is 0 Å². The Labute approximate surface area is 171 Å². The van der Waals surface area contributed by atoms with Gasteiger partial charge in [0.1, 0.15) is 16.4 Å². The van der Waals surface area contributed by atoms with Crippen molar-refractivity contribution >= 4 is 28.9 Å². The summed E-state index contributed by atoms with van der Waals surface area (Å²) in [7, 11) is 2.75. The maximum Gasteiger partial charge on any atom is 0.340 e. The van der Waals surface area contributed by atoms with E-state index in [9.17, 15) is 14.0 Å². The molecule has 1 N–H and O–H groups in total. The van der Waals surface area contributed by atoms with E-state index in [0.717, 1.165) is 10.6 Å². The summed E-state index contributed by atoms with van der Waals surface area (Å²) in [6.45, 7) is 1.74. The molecule has 1 heterocycles. The molecule has 0 aliphatic rings. The Morgan fingerprint density at radius 2 is 1.86 bits per heavy atom. The largest absolute Gasteiger partial charge is 0.497 e. The average Bonchev–Trinajstić information content (AvgIpc) is 3.09. The number of nitrogens with one attached hydrogen (secondary N) is 1. The number of rotatable bonds is 6. The number of thiazole rings is 1. The third-order valence-corrected chi connectivity index (χ3v) is 5.35. The van der Waals surface area contributed by atoms with E-state index in [1.165, 1.54) is 43.8 Å². The zero-order valence-corrected chi connectivity index (χ0v) is 16.9. The molecule has 0 atom stereocenters. The molecule has 8 heteroatoms. The molecule has 0 saturated carbocycles. The second kappa shape index (κ2) is 8.83. The molecule has 0 saturated heterocycles. The van der Waals surface area contributed by atoms with E-state index < -0.39 is 5.97 Å². The number of anilines is 1. The highest BCUT2D eigenvalue weighted by molar-refractivity contribution is 7.14. The van der Waals surface area contributed by atoms with Crippen LogP contribution < -0.4 is 10.1 Å². The van der Waals surface area contributed by atoms with Gasteiger partial charge in [-0.15, -0.1) is 11.3 Å². The minimum atomic E-state index is -0.586. The highest BCUT2D eigenvalue weighted by Crippen LogP contribution is 2.26. The predicted molar refractivity (Wildman–Crippen MR) is 108 cm³/mol. The molecule has 0 bridgehead atoms. The summed E-state index contributed by atoms with van der Waals surface area (Å²) in [4.78, 5) is 29.7. The first kappa shape index (κ1) is 20.5. The number of nitrogens with zero attached hydrogens (tertiary/aromatic N) is 1. The van der Waals surface area contributed by atoms with Crippen LogP contribution in [-0.4, -0.2) is 31.1 Å². The van der Waals surface area contributed by atoms with E-state index in [0.29, 0.717) is 28.4 Å². The Balaban J connectivity index is 1.82. The minimum Gasteiger partial charge on any atom is -0.497 e. The summed E-state index contributed by atoms with van der Waals surface area (Å²) in [5, 5.41) is 3.48. The zero-order valence-electron chi connectivity index (χ0n) is 16.1. The number of ether oxygens (including phenoxy) is 2. The molecule has 2 aromatic carbocycles. The van der Waals surface area contributed by atoms with Gasteiger partial charge in [-0.1, -0.05) is 12.1 Å². The number of carbonyl (C=O) groups is 2. The van der Waals surface area contributed by atoms with Gasteiger partial charge in [0.15, 0.2) is 0 Å². The van der Waals surface area contributed by atoms with Crippen molar-refractivity contribution in [2.24, 2.45) is 0 Å². The van der Waals surface area contributed by atoms with Crippen LogP contribution in [0.1, 0.15) is 36.3 Å². The SMILES string of the molecule is COC(=O)c1cc(OC)ccc1NC(=O)c1sc(Cc2ccc(F)cc2)nc1C. The lowest BCUT2D eigenvalue weighted by Crippen LogP contribution is -2.15. The van der Waals surface area contributed by atoms with Crippen LogP contribution >= 0.6 is 11.3 Å². The molecule has 0 unspecified atom stereocenters. The van der Waals surface area contributed by atoms with Crippen molar-refractivity contribution in [3.63, 3.8) is 0 Å². The standard InChI is InChI=1S/C21H19FN2O4S/c1-12-19(29-18(23-12)10-13-4-6-14(22)7-5-13)20(25)24-17-9-8-15(27-2)11-16(17)21(26)28-3/h4-9,11H,10H2,1-3H3,(H,24,25). The summed E-state index contributed by atoms with van der Waals surface area (Å²) < 4.78 is 23.0. The van der Waals surface area contributed by atoms with Crippen LogP contribution in [0.2, 0.25) is 0 Å². The molecule has 3 rings (SSSR count). The first-order chi connectivity index (χ1) is 13.9. The molecule has 0 radical (unpaired) electrons.